The van der Waals surface area contributed by atoms with Gasteiger partial charge >= 0.3 is 5.97 Å². The number of unbranched alkanes of at least 4 members (excludes halogenated alkanes) is 2. The molecule has 5 heteroatoms. The normalized spacial score (nSPS) is 20.0. The summed E-state index contributed by atoms with van der Waals surface area (Å²) >= 11 is 0. The summed E-state index contributed by atoms with van der Waals surface area (Å²) in [4.78, 5) is 13.0. The van der Waals surface area contributed by atoms with Crippen molar-refractivity contribution in [3.05, 3.63) is 64.7 Å². The molecule has 0 saturated carbocycles. The van der Waals surface area contributed by atoms with Gasteiger partial charge < -0.3 is 9.47 Å². The van der Waals surface area contributed by atoms with Crippen molar-refractivity contribution in [3.8, 4) is 11.5 Å². The van der Waals surface area contributed by atoms with Crippen LogP contribution in [0.25, 0.3) is 0 Å². The molecule has 0 saturated heterocycles. The zero-order valence-electron chi connectivity index (χ0n) is 22.2. The van der Waals surface area contributed by atoms with Crippen molar-refractivity contribution in [2.75, 3.05) is 5.48 Å². The van der Waals surface area contributed by atoms with E-state index in [4.69, 9.17) is 14.7 Å². The second kappa shape index (κ2) is 11.5. The maximum Gasteiger partial charge on any atom is 0.311 e. The fourth-order valence-electron chi connectivity index (χ4n) is 5.73. The number of esters is 1. The summed E-state index contributed by atoms with van der Waals surface area (Å²) in [6, 6.07) is 11.8. The number of carbonyl (C=O) groups excluding carboxylic acids is 1. The first-order valence-electron chi connectivity index (χ1n) is 13.5. The van der Waals surface area contributed by atoms with E-state index in [9.17, 15) is 4.79 Å². The maximum atomic E-state index is 13.0. The van der Waals surface area contributed by atoms with Crippen LogP contribution in [0, 0.1) is 5.92 Å². The van der Waals surface area contributed by atoms with Crippen LogP contribution in [0.4, 0.5) is 5.69 Å². The smallest absolute Gasteiger partial charge is 0.311 e. The molecule has 5 nitrogen and oxygen atoms in total. The lowest BCUT2D eigenvalue weighted by Crippen LogP contribution is -2.45. The number of carbonyl (C=O) groups is 1. The van der Waals surface area contributed by atoms with E-state index < -0.39 is 0 Å². The molecular formula is C31H41NO4. The molecule has 36 heavy (non-hydrogen) atoms. The molecule has 0 amide bonds. The first-order valence-corrected chi connectivity index (χ1v) is 13.5. The van der Waals surface area contributed by atoms with E-state index in [2.05, 4.69) is 51.4 Å². The third-order valence-electron chi connectivity index (χ3n) is 7.73. The molecule has 0 fully saturated rings. The Balaban J connectivity index is 1.54. The van der Waals surface area contributed by atoms with Gasteiger partial charge in [0.15, 0.2) is 0 Å². The Bertz CT molecular complexity index is 1090. The maximum absolute atomic E-state index is 13.0. The number of nitrogens with one attached hydrogen (secondary N) is 1. The summed E-state index contributed by atoms with van der Waals surface area (Å²) < 4.78 is 12.7. The van der Waals surface area contributed by atoms with E-state index >= 15 is 0 Å². The molecular weight excluding hydrogens is 450 g/mol. The molecule has 2 atom stereocenters. The van der Waals surface area contributed by atoms with Gasteiger partial charge in [-0.3, -0.25) is 15.5 Å². The molecule has 194 valence electrons. The fourth-order valence-corrected chi connectivity index (χ4v) is 5.73. The van der Waals surface area contributed by atoms with Crippen LogP contribution in [-0.2, 0) is 17.6 Å². The third kappa shape index (κ3) is 6.12. The SMILES string of the molecule is CCCCCc1cc(OC(=O)CCCc2ccc(NO)cc2)c2c(c1)OC(C)(C)C1CCC(C)=CC21. The summed E-state index contributed by atoms with van der Waals surface area (Å²) in [6.07, 6.45) is 10.8. The second-order valence-electron chi connectivity index (χ2n) is 11.0. The average Bonchev–Trinajstić information content (AvgIpc) is 2.84. The van der Waals surface area contributed by atoms with Gasteiger partial charge in [0.1, 0.15) is 17.1 Å². The van der Waals surface area contributed by atoms with Gasteiger partial charge in [-0.05, 0) is 94.7 Å². The summed E-state index contributed by atoms with van der Waals surface area (Å²) in [5, 5.41) is 8.97. The standard InChI is InChI=1S/C31H41NO4/c1-5-6-7-9-23-19-27(35-29(33)11-8-10-22-13-15-24(32-34)16-14-22)30-25-18-21(2)12-17-26(25)31(3,4)36-28(30)20-23/h13-16,18-20,25-26,32,34H,5-12,17H2,1-4H3. The largest absolute Gasteiger partial charge is 0.487 e. The lowest BCUT2D eigenvalue weighted by Gasteiger charge is -2.46. The van der Waals surface area contributed by atoms with Gasteiger partial charge in [0, 0.05) is 23.8 Å². The first kappa shape index (κ1) is 26.3. The van der Waals surface area contributed by atoms with Crippen molar-refractivity contribution in [2.24, 2.45) is 5.92 Å². The molecule has 2 aromatic carbocycles. The van der Waals surface area contributed by atoms with Crippen LogP contribution in [0.5, 0.6) is 11.5 Å². The Hall–Kier alpha value is -2.79. The molecule has 0 radical (unpaired) electrons. The number of anilines is 1. The summed E-state index contributed by atoms with van der Waals surface area (Å²) in [5.74, 6) is 1.91. The van der Waals surface area contributed by atoms with Crippen molar-refractivity contribution in [2.45, 2.75) is 97.0 Å². The molecule has 1 heterocycles. The number of aryl methyl sites for hydroxylation is 2. The van der Waals surface area contributed by atoms with Gasteiger partial charge in [-0.2, -0.15) is 0 Å². The highest BCUT2D eigenvalue weighted by Crippen LogP contribution is 2.53. The summed E-state index contributed by atoms with van der Waals surface area (Å²) in [5.41, 5.74) is 7.26. The Kier molecular flexibility index (Phi) is 8.40. The molecule has 1 aliphatic heterocycles. The van der Waals surface area contributed by atoms with E-state index in [0.29, 0.717) is 30.2 Å². The fraction of sp³-hybridized carbons (Fsp3) is 0.516. The highest BCUT2D eigenvalue weighted by Gasteiger charge is 2.45. The zero-order chi connectivity index (χ0) is 25.7. The van der Waals surface area contributed by atoms with Gasteiger partial charge in [0.2, 0.25) is 0 Å². The van der Waals surface area contributed by atoms with E-state index in [1.807, 2.05) is 24.3 Å². The van der Waals surface area contributed by atoms with Crippen molar-refractivity contribution < 1.29 is 19.5 Å². The molecule has 2 unspecified atom stereocenters. The number of ether oxygens (including phenoxy) is 2. The predicted molar refractivity (Wildman–Crippen MR) is 144 cm³/mol. The summed E-state index contributed by atoms with van der Waals surface area (Å²) in [7, 11) is 0. The Morgan fingerprint density at radius 2 is 1.86 bits per heavy atom. The minimum atomic E-state index is -0.265. The van der Waals surface area contributed by atoms with E-state index in [1.54, 1.807) is 0 Å². The van der Waals surface area contributed by atoms with Crippen molar-refractivity contribution in [1.29, 1.82) is 0 Å². The topological polar surface area (TPSA) is 67.8 Å². The zero-order valence-corrected chi connectivity index (χ0v) is 22.2. The Morgan fingerprint density at radius 3 is 2.58 bits per heavy atom. The van der Waals surface area contributed by atoms with Gasteiger partial charge in [0.05, 0.1) is 5.69 Å². The van der Waals surface area contributed by atoms with Crippen LogP contribution in [0.2, 0.25) is 0 Å². The lowest BCUT2D eigenvalue weighted by atomic mass is 9.68. The Morgan fingerprint density at radius 1 is 1.11 bits per heavy atom. The molecule has 4 rings (SSSR count). The van der Waals surface area contributed by atoms with Gasteiger partial charge in [-0.1, -0.05) is 43.5 Å². The quantitative estimate of drug-likeness (QED) is 0.117. The van der Waals surface area contributed by atoms with E-state index in [1.165, 1.54) is 24.0 Å². The van der Waals surface area contributed by atoms with Crippen LogP contribution in [-0.4, -0.2) is 16.8 Å². The minimum Gasteiger partial charge on any atom is -0.487 e. The molecule has 1 aliphatic carbocycles. The monoisotopic (exact) mass is 491 g/mol. The lowest BCUT2D eigenvalue weighted by molar-refractivity contribution is -0.134. The highest BCUT2D eigenvalue weighted by molar-refractivity contribution is 5.74. The molecule has 0 bridgehead atoms. The number of fused-ring (bicyclic) bond motifs is 3. The highest BCUT2D eigenvalue weighted by atomic mass is 16.5. The predicted octanol–water partition coefficient (Wildman–Crippen LogP) is 7.76. The number of allylic oxidation sites excluding steroid dienone is 2. The van der Waals surface area contributed by atoms with Crippen molar-refractivity contribution in [1.82, 2.24) is 0 Å². The average molecular weight is 492 g/mol. The van der Waals surface area contributed by atoms with Crippen LogP contribution >= 0.6 is 0 Å². The molecule has 0 aromatic heterocycles. The number of rotatable bonds is 10. The molecule has 2 aliphatic rings. The van der Waals surface area contributed by atoms with Crippen molar-refractivity contribution in [3.63, 3.8) is 0 Å². The number of hydrogen-bond acceptors (Lipinski definition) is 5. The van der Waals surface area contributed by atoms with Crippen LogP contribution in [0.3, 0.4) is 0 Å². The molecule has 2 aromatic rings. The first-order chi connectivity index (χ1) is 17.3. The molecule has 0 spiro atoms. The second-order valence-corrected chi connectivity index (χ2v) is 11.0. The van der Waals surface area contributed by atoms with Crippen molar-refractivity contribution >= 4 is 11.7 Å². The number of hydrogen-bond donors (Lipinski definition) is 2. The van der Waals surface area contributed by atoms with Crippen LogP contribution in [0.1, 0.15) is 95.2 Å². The molecule has 2 N–H and O–H groups in total. The Labute approximate surface area is 215 Å². The van der Waals surface area contributed by atoms with Gasteiger partial charge in [-0.15, -0.1) is 0 Å². The van der Waals surface area contributed by atoms with E-state index in [-0.39, 0.29) is 17.5 Å². The van der Waals surface area contributed by atoms with E-state index in [0.717, 1.165) is 49.0 Å². The number of benzene rings is 2. The summed E-state index contributed by atoms with van der Waals surface area (Å²) in [6.45, 7) is 8.80. The van der Waals surface area contributed by atoms with Crippen LogP contribution < -0.4 is 15.0 Å². The van der Waals surface area contributed by atoms with Gasteiger partial charge in [-0.25, -0.2) is 0 Å². The van der Waals surface area contributed by atoms with Gasteiger partial charge in [0.25, 0.3) is 0 Å². The third-order valence-corrected chi connectivity index (χ3v) is 7.73. The minimum absolute atomic E-state index is 0.198. The van der Waals surface area contributed by atoms with Crippen LogP contribution in [0.15, 0.2) is 48.0 Å².